The van der Waals surface area contributed by atoms with E-state index in [1.54, 1.807) is 11.1 Å². The number of fused-ring (bicyclic) bond motifs is 1. The molecule has 10 nitrogen and oxygen atoms in total. The van der Waals surface area contributed by atoms with Crippen molar-refractivity contribution in [1.82, 2.24) is 19.3 Å². The van der Waals surface area contributed by atoms with Gasteiger partial charge in [-0.05, 0) is 43.2 Å². The molecule has 38 heavy (non-hydrogen) atoms. The van der Waals surface area contributed by atoms with E-state index in [2.05, 4.69) is 38.4 Å². The van der Waals surface area contributed by atoms with Crippen molar-refractivity contribution in [2.75, 3.05) is 46.8 Å². The molecule has 2 aliphatic rings. The Balaban J connectivity index is 1.39. The van der Waals surface area contributed by atoms with Gasteiger partial charge in [0.2, 0.25) is 11.1 Å². The first-order chi connectivity index (χ1) is 17.8. The minimum atomic E-state index is -3.04. The molecule has 0 amide bonds. The number of sulfone groups is 1. The summed E-state index contributed by atoms with van der Waals surface area (Å²) in [6.07, 6.45) is 4.30. The van der Waals surface area contributed by atoms with E-state index >= 15 is 0 Å². The topological polar surface area (TPSA) is 124 Å². The van der Waals surface area contributed by atoms with E-state index in [4.69, 9.17) is 4.98 Å². The minimum Gasteiger partial charge on any atom is -0.390 e. The normalized spacial score (nSPS) is 26.2. The lowest BCUT2D eigenvalue weighted by Gasteiger charge is -2.47. The number of aromatic nitrogens is 4. The van der Waals surface area contributed by atoms with E-state index in [0.29, 0.717) is 36.4 Å². The predicted octanol–water partition coefficient (Wildman–Crippen LogP) is 3.52. The summed E-state index contributed by atoms with van der Waals surface area (Å²) in [5.74, 6) is 2.32. The third-order valence-electron chi connectivity index (χ3n) is 7.60. The summed E-state index contributed by atoms with van der Waals surface area (Å²) < 4.78 is 42.6. The number of pyridine rings is 2. The van der Waals surface area contributed by atoms with Crippen LogP contribution < -0.4 is 15.1 Å². The highest BCUT2D eigenvalue weighted by Gasteiger charge is 2.40. The molecule has 0 bridgehead atoms. The molecule has 2 fully saturated rings. The van der Waals surface area contributed by atoms with Crippen molar-refractivity contribution in [3.05, 3.63) is 24.0 Å². The average molecular weight is 564 g/mol. The molecule has 3 aromatic heterocycles. The van der Waals surface area contributed by atoms with E-state index in [1.807, 2.05) is 19.2 Å². The number of nitrogens with one attached hydrogen (secondary N) is 1. The predicted molar refractivity (Wildman–Crippen MR) is 149 cm³/mol. The van der Waals surface area contributed by atoms with Crippen LogP contribution in [0.1, 0.15) is 45.6 Å². The molecule has 2 aliphatic heterocycles. The minimum absolute atomic E-state index is 0.0338. The van der Waals surface area contributed by atoms with Crippen molar-refractivity contribution in [2.24, 2.45) is 5.92 Å². The highest BCUT2D eigenvalue weighted by Crippen LogP contribution is 2.38. The molecular weight excluding hydrogens is 529 g/mol. The fourth-order valence-corrected chi connectivity index (χ4v) is 7.02. The van der Waals surface area contributed by atoms with Gasteiger partial charge in [-0.1, -0.05) is 13.8 Å². The Morgan fingerprint density at radius 1 is 1.29 bits per heavy atom. The van der Waals surface area contributed by atoms with E-state index in [1.165, 1.54) is 24.7 Å². The monoisotopic (exact) mass is 563 g/mol. The number of aliphatic hydroxyl groups is 1. The number of halogens is 1. The van der Waals surface area contributed by atoms with Crippen molar-refractivity contribution in [1.29, 1.82) is 0 Å². The van der Waals surface area contributed by atoms with Gasteiger partial charge < -0.3 is 20.2 Å². The van der Waals surface area contributed by atoms with Crippen LogP contribution in [0.25, 0.3) is 10.8 Å². The van der Waals surface area contributed by atoms with Gasteiger partial charge in [0, 0.05) is 60.6 Å². The van der Waals surface area contributed by atoms with Crippen LogP contribution in [0.4, 0.5) is 27.1 Å². The summed E-state index contributed by atoms with van der Waals surface area (Å²) >= 11 is 1.17. The van der Waals surface area contributed by atoms with Gasteiger partial charge in [-0.25, -0.2) is 22.8 Å². The highest BCUT2D eigenvalue weighted by atomic mass is 32.2. The number of hydrogen-bond acceptors (Lipinski definition) is 11. The van der Waals surface area contributed by atoms with Crippen LogP contribution >= 0.6 is 11.5 Å². The molecule has 0 aromatic carbocycles. The molecule has 5 heterocycles. The maximum Gasteiger partial charge on any atom is 0.239 e. The SMILES string of the molecule is CC(C)c1cnc(N2C[C@@H](CS(C)(=O)=O)[C@@H]2C)c2cnc(Nc3nc(N4CC[C@@H](O)[C@@](C)(F)C4)ns3)cc12. The Bertz CT molecular complexity index is 1450. The Hall–Kier alpha value is -2.64. The first-order valence-corrected chi connectivity index (χ1v) is 15.6. The number of alkyl halides is 1. The van der Waals surface area contributed by atoms with Crippen molar-refractivity contribution >= 4 is 54.9 Å². The second-order valence-corrected chi connectivity index (χ2v) is 14.0. The number of hydrogen-bond donors (Lipinski definition) is 2. The van der Waals surface area contributed by atoms with Crippen molar-refractivity contribution < 1.29 is 17.9 Å². The smallest absolute Gasteiger partial charge is 0.239 e. The second kappa shape index (κ2) is 9.83. The van der Waals surface area contributed by atoms with Crippen LogP contribution in [-0.4, -0.2) is 82.3 Å². The summed E-state index contributed by atoms with van der Waals surface area (Å²) in [5.41, 5.74) is -0.628. The maximum absolute atomic E-state index is 14.6. The Morgan fingerprint density at radius 3 is 2.71 bits per heavy atom. The van der Waals surface area contributed by atoms with Crippen LogP contribution in [0.3, 0.4) is 0 Å². The molecule has 2 saturated heterocycles. The molecule has 0 unspecified atom stereocenters. The molecule has 0 saturated carbocycles. The van der Waals surface area contributed by atoms with Gasteiger partial charge in [-0.3, -0.25) is 0 Å². The fourth-order valence-electron chi connectivity index (χ4n) is 5.26. The molecule has 0 radical (unpaired) electrons. The lowest BCUT2D eigenvalue weighted by molar-refractivity contribution is -0.00855. The molecule has 3 aromatic rings. The molecule has 5 rings (SSSR count). The summed E-state index contributed by atoms with van der Waals surface area (Å²) in [6, 6.07) is 2.04. The summed E-state index contributed by atoms with van der Waals surface area (Å²) in [6.45, 7) is 8.82. The number of nitrogens with zero attached hydrogens (tertiary/aromatic N) is 6. The summed E-state index contributed by atoms with van der Waals surface area (Å²) in [7, 11) is -3.04. The van der Waals surface area contributed by atoms with Gasteiger partial charge >= 0.3 is 0 Å². The molecule has 0 aliphatic carbocycles. The Labute approximate surface area is 226 Å². The van der Waals surface area contributed by atoms with Gasteiger partial charge in [0.1, 0.15) is 21.5 Å². The third kappa shape index (κ3) is 5.28. The molecule has 4 atom stereocenters. The molecular formula is C25H34FN7O3S2. The Morgan fingerprint density at radius 2 is 2.05 bits per heavy atom. The standard InChI is InChI=1S/C25H34FN7O3S2/c1-14(2)18-9-28-22(33-11-16(15(33)3)12-38(5,35)36)19-10-27-21(8-17(18)19)29-24-30-23(31-37-24)32-7-6-20(34)25(4,26)13-32/h8-10,14-16,20,34H,6-7,11-13H2,1-5H3,(H,27,29,30,31)/t15-,16-,20+,25-/m0/s1. The van der Waals surface area contributed by atoms with Crippen LogP contribution in [0.15, 0.2) is 18.5 Å². The van der Waals surface area contributed by atoms with Gasteiger partial charge in [0.25, 0.3) is 0 Å². The number of aliphatic hydroxyl groups excluding tert-OH is 1. The summed E-state index contributed by atoms with van der Waals surface area (Å²) in [4.78, 5) is 17.8. The zero-order valence-corrected chi connectivity index (χ0v) is 23.9. The van der Waals surface area contributed by atoms with Crippen LogP contribution in [0.5, 0.6) is 0 Å². The van der Waals surface area contributed by atoms with Crippen molar-refractivity contribution in [2.45, 2.75) is 57.8 Å². The van der Waals surface area contributed by atoms with Crippen LogP contribution in [0, 0.1) is 5.92 Å². The molecule has 13 heteroatoms. The lowest BCUT2D eigenvalue weighted by Crippen LogP contribution is -2.57. The van der Waals surface area contributed by atoms with Crippen molar-refractivity contribution in [3.8, 4) is 0 Å². The second-order valence-electron chi connectivity index (χ2n) is 11.1. The van der Waals surface area contributed by atoms with Gasteiger partial charge in [0.05, 0.1) is 18.4 Å². The maximum atomic E-state index is 14.6. The van der Waals surface area contributed by atoms with Gasteiger partial charge in [-0.15, -0.1) is 0 Å². The van der Waals surface area contributed by atoms with E-state index < -0.39 is 21.6 Å². The first-order valence-electron chi connectivity index (χ1n) is 12.8. The molecule has 0 spiro atoms. The van der Waals surface area contributed by atoms with E-state index in [-0.39, 0.29) is 30.2 Å². The molecule has 2 N–H and O–H groups in total. The highest BCUT2D eigenvalue weighted by molar-refractivity contribution is 7.90. The van der Waals surface area contributed by atoms with Crippen LogP contribution in [0.2, 0.25) is 0 Å². The van der Waals surface area contributed by atoms with Gasteiger partial charge in [0.15, 0.2) is 5.67 Å². The Kier molecular flexibility index (Phi) is 6.97. The zero-order chi connectivity index (χ0) is 27.4. The van der Waals surface area contributed by atoms with E-state index in [0.717, 1.165) is 22.2 Å². The zero-order valence-electron chi connectivity index (χ0n) is 22.2. The number of piperidine rings is 1. The largest absolute Gasteiger partial charge is 0.390 e. The summed E-state index contributed by atoms with van der Waals surface area (Å²) in [5, 5.41) is 15.6. The van der Waals surface area contributed by atoms with Crippen molar-refractivity contribution in [3.63, 3.8) is 0 Å². The quantitative estimate of drug-likeness (QED) is 0.441. The van der Waals surface area contributed by atoms with Gasteiger partial charge in [-0.2, -0.15) is 9.36 Å². The first kappa shape index (κ1) is 26.9. The fraction of sp³-hybridized carbons (Fsp3) is 0.600. The van der Waals surface area contributed by atoms with E-state index in [9.17, 15) is 17.9 Å². The van der Waals surface area contributed by atoms with Crippen LogP contribution in [-0.2, 0) is 9.84 Å². The number of anilines is 4. The lowest BCUT2D eigenvalue weighted by atomic mass is 9.90. The third-order valence-corrected chi connectivity index (χ3v) is 9.25. The number of rotatable bonds is 7. The average Bonchev–Trinajstić information content (AvgIpc) is 3.30. The molecule has 206 valence electrons.